The van der Waals surface area contributed by atoms with Crippen molar-refractivity contribution < 1.29 is 9.13 Å². The summed E-state index contributed by atoms with van der Waals surface area (Å²) in [5, 5.41) is 2.63. The number of para-hydroxylation sites is 2. The van der Waals surface area contributed by atoms with Crippen molar-refractivity contribution in [1.82, 2.24) is 0 Å². The molecule has 0 radical (unpaired) electrons. The molecule has 31 heavy (non-hydrogen) atoms. The lowest BCUT2D eigenvalue weighted by molar-refractivity contribution is -0.660. The predicted octanol–water partition coefficient (Wildman–Crippen LogP) is 5.70. The smallest absolute Gasteiger partial charge is 0.188 e. The van der Waals surface area contributed by atoms with Gasteiger partial charge in [-0.2, -0.15) is 9.13 Å². The molecule has 0 atom stereocenters. The van der Waals surface area contributed by atoms with Crippen LogP contribution in [0.25, 0.3) is 39.1 Å². The molecule has 2 aliphatic heterocycles. The van der Waals surface area contributed by atoms with Crippen LogP contribution in [0.4, 0.5) is 0 Å². The highest BCUT2D eigenvalue weighted by molar-refractivity contribution is 5.79. The number of hydrogen-bond acceptors (Lipinski definition) is 0. The summed E-state index contributed by atoms with van der Waals surface area (Å²) in [4.78, 5) is 0. The topological polar surface area (TPSA) is 7.76 Å². The second kappa shape index (κ2) is 7.17. The largest absolute Gasteiger partial charge is 0.213 e. The molecule has 0 unspecified atom stereocenters. The molecule has 0 bridgehead atoms. The van der Waals surface area contributed by atoms with Gasteiger partial charge in [-0.1, -0.05) is 42.5 Å². The van der Waals surface area contributed by atoms with Crippen molar-refractivity contribution in [3.63, 3.8) is 0 Å². The first-order valence-corrected chi connectivity index (χ1v) is 10.9. The van der Waals surface area contributed by atoms with E-state index >= 15 is 0 Å². The van der Waals surface area contributed by atoms with Crippen LogP contribution < -0.4 is 9.13 Å². The first-order valence-electron chi connectivity index (χ1n) is 10.9. The lowest BCUT2D eigenvalue weighted by atomic mass is 10.1. The van der Waals surface area contributed by atoms with E-state index in [9.17, 15) is 0 Å². The minimum Gasteiger partial charge on any atom is -0.188 e. The molecule has 148 valence electrons. The van der Waals surface area contributed by atoms with E-state index in [0.29, 0.717) is 0 Å². The van der Waals surface area contributed by atoms with Gasteiger partial charge in [0.2, 0.25) is 22.4 Å². The van der Waals surface area contributed by atoms with Crippen molar-refractivity contribution in [2.75, 3.05) is 0 Å². The summed E-state index contributed by atoms with van der Waals surface area (Å²) in [7, 11) is 0. The molecule has 5 aromatic rings. The molecule has 2 aliphatic rings. The zero-order valence-corrected chi connectivity index (χ0v) is 17.6. The summed E-state index contributed by atoms with van der Waals surface area (Å²) in [6.07, 6.45) is 2.26. The van der Waals surface area contributed by atoms with Crippen molar-refractivity contribution in [3.8, 4) is 11.3 Å². The molecule has 4 heterocycles. The van der Waals surface area contributed by atoms with E-state index in [0.717, 1.165) is 13.1 Å². The molecular formula is C29H24N2+2. The first kappa shape index (κ1) is 18.0. The number of nitrogens with zero attached hydrogens (tertiary/aromatic N) is 2. The molecule has 3 aromatic carbocycles. The molecule has 7 rings (SSSR count). The number of allylic oxidation sites excluding steroid dienone is 1. The van der Waals surface area contributed by atoms with E-state index in [-0.39, 0.29) is 0 Å². The van der Waals surface area contributed by atoms with Gasteiger partial charge in [0.05, 0.1) is 5.56 Å². The molecule has 2 nitrogen and oxygen atoms in total. The fourth-order valence-corrected chi connectivity index (χ4v) is 4.88. The van der Waals surface area contributed by atoms with Crippen molar-refractivity contribution in [3.05, 3.63) is 114 Å². The van der Waals surface area contributed by atoms with Crippen LogP contribution in [0.15, 0.2) is 103 Å². The molecule has 0 saturated carbocycles. The van der Waals surface area contributed by atoms with E-state index in [2.05, 4.69) is 119 Å². The van der Waals surface area contributed by atoms with Crippen LogP contribution in [-0.4, -0.2) is 0 Å². The van der Waals surface area contributed by atoms with Crippen molar-refractivity contribution in [1.29, 1.82) is 0 Å². The van der Waals surface area contributed by atoms with Crippen LogP contribution in [0.1, 0.15) is 18.2 Å². The number of rotatable bonds is 0. The molecule has 0 aliphatic carbocycles. The highest BCUT2D eigenvalue weighted by Crippen LogP contribution is 2.28. The Morgan fingerprint density at radius 3 is 2.03 bits per heavy atom. The van der Waals surface area contributed by atoms with Crippen LogP contribution in [0.3, 0.4) is 0 Å². The van der Waals surface area contributed by atoms with E-state index in [1.54, 1.807) is 0 Å². The number of pyridine rings is 2. The zero-order valence-electron chi connectivity index (χ0n) is 17.6. The fourth-order valence-electron chi connectivity index (χ4n) is 4.88. The second-order valence-corrected chi connectivity index (χ2v) is 8.41. The Morgan fingerprint density at radius 1 is 0.581 bits per heavy atom. The summed E-state index contributed by atoms with van der Waals surface area (Å²) in [5.74, 6) is 0. The molecule has 0 saturated heterocycles. The third-order valence-corrected chi connectivity index (χ3v) is 6.34. The summed E-state index contributed by atoms with van der Waals surface area (Å²) in [6, 6.07) is 34.6. The highest BCUT2D eigenvalue weighted by Gasteiger charge is 2.27. The number of hydrogen-bond donors (Lipinski definition) is 0. The van der Waals surface area contributed by atoms with E-state index in [1.807, 2.05) is 0 Å². The van der Waals surface area contributed by atoms with Gasteiger partial charge in [-0.25, -0.2) is 0 Å². The molecule has 2 heteroatoms. The van der Waals surface area contributed by atoms with Gasteiger partial charge in [0.25, 0.3) is 0 Å². The Bertz CT molecular complexity index is 1490. The van der Waals surface area contributed by atoms with Gasteiger partial charge in [0.15, 0.2) is 13.1 Å². The van der Waals surface area contributed by atoms with Crippen molar-refractivity contribution in [2.24, 2.45) is 0 Å². The predicted molar refractivity (Wildman–Crippen MR) is 126 cm³/mol. The van der Waals surface area contributed by atoms with Gasteiger partial charge in [-0.15, -0.1) is 0 Å². The van der Waals surface area contributed by atoms with Gasteiger partial charge in [0.1, 0.15) is 0 Å². The van der Waals surface area contributed by atoms with Gasteiger partial charge < -0.3 is 0 Å². The molecule has 0 spiro atoms. The third kappa shape index (κ3) is 3.03. The zero-order chi connectivity index (χ0) is 20.8. The lowest BCUT2D eigenvalue weighted by Gasteiger charge is -1.98. The number of benzene rings is 3. The maximum atomic E-state index is 2.40. The van der Waals surface area contributed by atoms with Crippen LogP contribution in [0, 0.1) is 0 Å². The summed E-state index contributed by atoms with van der Waals surface area (Å²) in [6.45, 7) is 4.21. The molecule has 0 amide bonds. The van der Waals surface area contributed by atoms with Crippen LogP contribution >= 0.6 is 0 Å². The minimum absolute atomic E-state index is 0.993. The molecular weight excluding hydrogens is 376 g/mol. The average Bonchev–Trinajstić information content (AvgIpc) is 3.39. The Kier molecular flexibility index (Phi) is 4.17. The SMILES string of the molecule is CC1=Cc2ccc3ccccc3[n+]2C1.c1ccc2c(c1)C[n+]1c-2ccc2ccccc21. The highest BCUT2D eigenvalue weighted by atomic mass is 15.0. The van der Waals surface area contributed by atoms with Crippen LogP contribution in [0.2, 0.25) is 0 Å². The van der Waals surface area contributed by atoms with E-state index in [1.165, 1.54) is 49.9 Å². The fraction of sp³-hybridized carbons (Fsp3) is 0.103. The van der Waals surface area contributed by atoms with E-state index in [4.69, 9.17) is 0 Å². The molecule has 0 N–H and O–H groups in total. The Labute approximate surface area is 182 Å². The Morgan fingerprint density at radius 2 is 1.23 bits per heavy atom. The van der Waals surface area contributed by atoms with Gasteiger partial charge in [-0.05, 0) is 42.8 Å². The van der Waals surface area contributed by atoms with Crippen LogP contribution in [0.5, 0.6) is 0 Å². The number of aromatic nitrogens is 2. The normalized spacial score (nSPS) is 13.3. The Balaban J connectivity index is 0.000000122. The summed E-state index contributed by atoms with van der Waals surface area (Å²) in [5.41, 5.74) is 9.53. The third-order valence-electron chi connectivity index (χ3n) is 6.34. The van der Waals surface area contributed by atoms with Crippen LogP contribution in [-0.2, 0) is 13.1 Å². The van der Waals surface area contributed by atoms with Crippen molar-refractivity contribution >= 4 is 27.9 Å². The maximum absolute atomic E-state index is 2.40. The van der Waals surface area contributed by atoms with Gasteiger partial charge >= 0.3 is 0 Å². The average molecular weight is 401 g/mol. The monoisotopic (exact) mass is 400 g/mol. The Hall–Kier alpha value is -3.78. The van der Waals surface area contributed by atoms with Gasteiger partial charge in [0, 0.05) is 46.7 Å². The second-order valence-electron chi connectivity index (χ2n) is 8.41. The van der Waals surface area contributed by atoms with Gasteiger partial charge in [-0.3, -0.25) is 0 Å². The lowest BCUT2D eigenvalue weighted by Crippen LogP contribution is -2.34. The quantitative estimate of drug-likeness (QED) is 0.289. The van der Waals surface area contributed by atoms with E-state index < -0.39 is 0 Å². The summed E-state index contributed by atoms with van der Waals surface area (Å²) < 4.78 is 4.77. The van der Waals surface area contributed by atoms with Crippen molar-refractivity contribution in [2.45, 2.75) is 20.0 Å². The molecule has 0 fully saturated rings. The number of fused-ring (bicyclic) bond motifs is 8. The standard InChI is InChI=1S/C16H12N.C13H12N/c1-3-7-14-13(6-1)11-17-15-8-4-2-5-12(15)9-10-16(14)17;1-10-8-12-7-6-11-4-2-3-5-13(11)14(12)9-10/h1-10H,11H2;2-8H,9H2,1H3/q2*+1. The first-order chi connectivity index (χ1) is 15.3. The molecule has 2 aromatic heterocycles. The maximum Gasteiger partial charge on any atom is 0.213 e. The minimum atomic E-state index is 0.993. The summed E-state index contributed by atoms with van der Waals surface area (Å²) >= 11 is 0.